The van der Waals surface area contributed by atoms with Crippen molar-refractivity contribution in [1.82, 2.24) is 25.5 Å². The molecule has 3 fully saturated rings. The van der Waals surface area contributed by atoms with Crippen molar-refractivity contribution in [1.29, 1.82) is 5.26 Å². The average molecular weight is 663 g/mol. The van der Waals surface area contributed by atoms with Crippen LogP contribution in [-0.4, -0.2) is 83.6 Å². The maximum Gasteiger partial charge on any atom is 0.416 e. The first-order valence-corrected chi connectivity index (χ1v) is 15.6. The van der Waals surface area contributed by atoms with Gasteiger partial charge >= 0.3 is 12.2 Å². The minimum atomic E-state index is -4.63. The number of piperazine rings is 1. The lowest BCUT2D eigenvalue weighted by Crippen LogP contribution is -2.58. The fourth-order valence-electron chi connectivity index (χ4n) is 6.47. The quantitative estimate of drug-likeness (QED) is 0.369. The lowest BCUT2D eigenvalue weighted by atomic mass is 10.0. The highest BCUT2D eigenvalue weighted by atomic mass is 19.4. The number of amides is 4. The first-order chi connectivity index (χ1) is 23.0. The summed E-state index contributed by atoms with van der Waals surface area (Å²) in [4.78, 5) is 53.6. The number of benzene rings is 1. The molecular formula is C33H33F3N8O4. The lowest BCUT2D eigenvalue weighted by molar-refractivity contribution is -0.137. The van der Waals surface area contributed by atoms with Gasteiger partial charge in [-0.25, -0.2) is 14.8 Å². The van der Waals surface area contributed by atoms with Crippen LogP contribution in [0.2, 0.25) is 0 Å². The molecule has 250 valence electrons. The Kier molecular flexibility index (Phi) is 8.83. The molecule has 0 unspecified atom stereocenters. The van der Waals surface area contributed by atoms with Gasteiger partial charge in [0.2, 0.25) is 11.8 Å². The van der Waals surface area contributed by atoms with Crippen LogP contribution in [0.3, 0.4) is 0 Å². The van der Waals surface area contributed by atoms with Gasteiger partial charge in [-0.2, -0.15) is 18.4 Å². The Morgan fingerprint density at radius 1 is 1.10 bits per heavy atom. The number of nitrogens with zero attached hydrogens (tertiary/aromatic N) is 6. The summed E-state index contributed by atoms with van der Waals surface area (Å²) in [5.41, 5.74) is 0.598. The highest BCUT2D eigenvalue weighted by molar-refractivity contribution is 6.00. The number of pyridine rings is 2. The largest absolute Gasteiger partial charge is 0.477 e. The van der Waals surface area contributed by atoms with Crippen molar-refractivity contribution in [2.75, 3.05) is 42.6 Å². The van der Waals surface area contributed by atoms with E-state index in [4.69, 9.17) is 9.72 Å². The summed E-state index contributed by atoms with van der Waals surface area (Å²) in [6.45, 7) is 5.17. The molecule has 4 amide bonds. The molecule has 0 radical (unpaired) electrons. The van der Waals surface area contributed by atoms with Gasteiger partial charge in [0.05, 0.1) is 52.4 Å². The summed E-state index contributed by atoms with van der Waals surface area (Å²) in [5.74, 6) is -0.272. The van der Waals surface area contributed by atoms with Crippen LogP contribution in [0, 0.1) is 11.3 Å². The number of hydrogen-bond donors (Lipinski definition) is 2. The average Bonchev–Trinajstić information content (AvgIpc) is 3.64. The summed E-state index contributed by atoms with van der Waals surface area (Å²) in [6.07, 6.45) is -2.29. The number of anilines is 2. The van der Waals surface area contributed by atoms with Gasteiger partial charge in [0.15, 0.2) is 5.69 Å². The second-order valence-electron chi connectivity index (χ2n) is 11.8. The van der Waals surface area contributed by atoms with Crippen molar-refractivity contribution in [2.45, 2.75) is 51.0 Å². The molecule has 0 bridgehead atoms. The SMILES string of the molecule is CCOc1ncccc1-c1ccc(N2C[C@H]3CN(c4ccc(C(F)(F)F)cc4C#N)C(=O)N3C[C@H]2CC)c(C(=O)N[C@H]2CNC(=O)C2)n1. The number of rotatable bonds is 8. The second kappa shape index (κ2) is 13.0. The molecule has 3 atom stereocenters. The molecule has 15 heteroatoms. The Balaban J connectivity index is 1.34. The number of urea groups is 1. The molecule has 1 aromatic carbocycles. The zero-order chi connectivity index (χ0) is 34.2. The van der Waals surface area contributed by atoms with Crippen LogP contribution in [0.1, 0.15) is 48.3 Å². The third-order valence-corrected chi connectivity index (χ3v) is 8.81. The molecule has 0 spiro atoms. The van der Waals surface area contributed by atoms with Gasteiger partial charge in [-0.05, 0) is 55.8 Å². The van der Waals surface area contributed by atoms with E-state index in [2.05, 4.69) is 15.6 Å². The van der Waals surface area contributed by atoms with Crippen molar-refractivity contribution in [2.24, 2.45) is 0 Å². The molecule has 12 nitrogen and oxygen atoms in total. The van der Waals surface area contributed by atoms with E-state index in [0.717, 1.165) is 18.2 Å². The molecule has 6 rings (SSSR count). The summed E-state index contributed by atoms with van der Waals surface area (Å²) in [6, 6.07) is 10.3. The van der Waals surface area contributed by atoms with Crippen LogP contribution in [0.25, 0.3) is 11.3 Å². The molecule has 3 aliphatic rings. The molecule has 3 aliphatic heterocycles. The smallest absolute Gasteiger partial charge is 0.416 e. The van der Waals surface area contributed by atoms with E-state index in [9.17, 15) is 32.8 Å². The number of hydrogen-bond acceptors (Lipinski definition) is 8. The number of nitrogens with one attached hydrogen (secondary N) is 2. The summed E-state index contributed by atoms with van der Waals surface area (Å²) >= 11 is 0. The fourth-order valence-corrected chi connectivity index (χ4v) is 6.47. The highest BCUT2D eigenvalue weighted by Crippen LogP contribution is 2.37. The Hall–Kier alpha value is -5.39. The molecule has 0 saturated carbocycles. The van der Waals surface area contributed by atoms with Gasteiger partial charge in [-0.3, -0.25) is 14.5 Å². The molecule has 3 saturated heterocycles. The van der Waals surface area contributed by atoms with Gasteiger partial charge in [-0.1, -0.05) is 6.92 Å². The fraction of sp³-hybridized carbons (Fsp3) is 0.394. The van der Waals surface area contributed by atoms with Crippen LogP contribution in [-0.2, 0) is 11.0 Å². The standard InChI is InChI=1S/C33H33F3N8O4/c1-3-22-16-43-23(18-44(32(43)47)26-9-7-20(33(34,35)36)12-19(26)14-37)17-42(22)27-10-8-25(24-6-5-11-38-31(24)48-4-2)41-29(27)30(46)40-21-13-28(45)39-15-21/h5-12,21-23H,3-4,13,15-18H2,1-2H3,(H,39,45)(H,40,46)/t21-,22-,23+/m1/s1. The zero-order valence-electron chi connectivity index (χ0n) is 26.3. The molecule has 48 heavy (non-hydrogen) atoms. The van der Waals surface area contributed by atoms with Crippen molar-refractivity contribution >= 4 is 29.2 Å². The number of alkyl halides is 3. The number of carbonyl (C=O) groups excluding carboxylic acids is 3. The van der Waals surface area contributed by atoms with E-state index in [1.54, 1.807) is 35.4 Å². The Bertz CT molecular complexity index is 1800. The van der Waals surface area contributed by atoms with Crippen molar-refractivity contribution < 1.29 is 32.3 Å². The van der Waals surface area contributed by atoms with E-state index in [1.807, 2.05) is 24.8 Å². The van der Waals surface area contributed by atoms with E-state index in [0.29, 0.717) is 48.9 Å². The lowest BCUT2D eigenvalue weighted by Gasteiger charge is -2.44. The van der Waals surface area contributed by atoms with Gasteiger partial charge in [0.1, 0.15) is 6.07 Å². The Morgan fingerprint density at radius 2 is 1.90 bits per heavy atom. The number of nitriles is 1. The van der Waals surface area contributed by atoms with E-state index < -0.39 is 35.8 Å². The predicted molar refractivity (Wildman–Crippen MR) is 168 cm³/mol. The maximum absolute atomic E-state index is 13.9. The minimum Gasteiger partial charge on any atom is -0.477 e. The molecular weight excluding hydrogens is 629 g/mol. The Morgan fingerprint density at radius 3 is 2.58 bits per heavy atom. The van der Waals surface area contributed by atoms with Gasteiger partial charge in [0, 0.05) is 44.8 Å². The van der Waals surface area contributed by atoms with Crippen LogP contribution < -0.4 is 25.2 Å². The number of carbonyl (C=O) groups is 3. The zero-order valence-corrected chi connectivity index (χ0v) is 26.3. The third-order valence-electron chi connectivity index (χ3n) is 8.81. The Labute approximate surface area is 274 Å². The molecule has 3 aromatic rings. The topological polar surface area (TPSA) is 144 Å². The van der Waals surface area contributed by atoms with E-state index in [-0.39, 0.29) is 48.4 Å². The van der Waals surface area contributed by atoms with Gasteiger partial charge in [-0.15, -0.1) is 0 Å². The molecule has 5 heterocycles. The van der Waals surface area contributed by atoms with Crippen LogP contribution >= 0.6 is 0 Å². The maximum atomic E-state index is 13.9. The van der Waals surface area contributed by atoms with E-state index in [1.165, 1.54) is 4.90 Å². The molecule has 0 aliphatic carbocycles. The monoisotopic (exact) mass is 662 g/mol. The van der Waals surface area contributed by atoms with Gasteiger partial charge in [0.25, 0.3) is 5.91 Å². The third kappa shape index (κ3) is 6.17. The van der Waals surface area contributed by atoms with Crippen molar-refractivity contribution in [3.8, 4) is 23.2 Å². The number of ether oxygens (including phenoxy) is 1. The van der Waals surface area contributed by atoms with Crippen LogP contribution in [0.15, 0.2) is 48.7 Å². The normalized spacial score (nSPS) is 20.8. The first-order valence-electron chi connectivity index (χ1n) is 15.6. The summed E-state index contributed by atoms with van der Waals surface area (Å²) in [5, 5.41) is 15.3. The number of aromatic nitrogens is 2. The summed E-state index contributed by atoms with van der Waals surface area (Å²) < 4.78 is 45.8. The predicted octanol–water partition coefficient (Wildman–Crippen LogP) is 3.96. The number of fused-ring (bicyclic) bond motifs is 1. The minimum absolute atomic E-state index is 0.108. The molecule has 2 aromatic heterocycles. The molecule has 2 N–H and O–H groups in total. The highest BCUT2D eigenvalue weighted by Gasteiger charge is 2.46. The van der Waals surface area contributed by atoms with Crippen LogP contribution in [0.5, 0.6) is 5.88 Å². The van der Waals surface area contributed by atoms with Crippen LogP contribution in [0.4, 0.5) is 29.3 Å². The number of halogens is 3. The van der Waals surface area contributed by atoms with Crippen molar-refractivity contribution in [3.05, 3.63) is 65.5 Å². The summed E-state index contributed by atoms with van der Waals surface area (Å²) in [7, 11) is 0. The van der Waals surface area contributed by atoms with Gasteiger partial charge < -0.3 is 25.2 Å². The first kappa shape index (κ1) is 32.5. The second-order valence-corrected chi connectivity index (χ2v) is 11.8. The van der Waals surface area contributed by atoms with E-state index >= 15 is 0 Å². The van der Waals surface area contributed by atoms with Crippen molar-refractivity contribution in [3.63, 3.8) is 0 Å².